The largest absolute Gasteiger partial charge is 0.466 e. The first-order valence-electron chi connectivity index (χ1n) is 8.08. The number of carbonyl (C=O) groups is 2. The highest BCUT2D eigenvalue weighted by Crippen LogP contribution is 2.37. The molecule has 2 heterocycles. The first kappa shape index (κ1) is 16.2. The molecule has 5 heteroatoms. The Bertz CT molecular complexity index is 800. The lowest BCUT2D eigenvalue weighted by Gasteiger charge is -2.23. The molecule has 0 fully saturated rings. The average molecular weight is 324 g/mol. The minimum Gasteiger partial charge on any atom is -0.466 e. The van der Waals surface area contributed by atoms with Gasteiger partial charge in [0.25, 0.3) is 0 Å². The summed E-state index contributed by atoms with van der Waals surface area (Å²) in [6.07, 6.45) is 2.14. The quantitative estimate of drug-likeness (QED) is 0.481. The number of hydrogen-bond donors (Lipinski definition) is 0. The van der Waals surface area contributed by atoms with Crippen LogP contribution in [0.1, 0.15) is 37.1 Å². The Morgan fingerprint density at radius 3 is 2.96 bits per heavy atom. The Morgan fingerprint density at radius 1 is 1.42 bits per heavy atom. The van der Waals surface area contributed by atoms with Crippen molar-refractivity contribution in [3.63, 3.8) is 0 Å². The maximum absolute atomic E-state index is 12.5. The van der Waals surface area contributed by atoms with Crippen LogP contribution >= 0.6 is 0 Å². The van der Waals surface area contributed by atoms with Crippen LogP contribution in [-0.4, -0.2) is 28.4 Å². The SMILES string of the molecule is C=CCC1c2nc3ccccc3cc2CN1C(=O)CC(=O)OCC. The van der Waals surface area contributed by atoms with Gasteiger partial charge in [-0.15, -0.1) is 6.58 Å². The molecular formula is C19H20N2O3. The molecule has 0 aliphatic carbocycles. The third-order valence-electron chi connectivity index (χ3n) is 4.18. The van der Waals surface area contributed by atoms with E-state index in [1.54, 1.807) is 17.9 Å². The Morgan fingerprint density at radius 2 is 2.21 bits per heavy atom. The van der Waals surface area contributed by atoms with Crippen molar-refractivity contribution in [1.29, 1.82) is 0 Å². The maximum atomic E-state index is 12.5. The molecule has 1 aromatic carbocycles. The number of aromatic nitrogens is 1. The first-order chi connectivity index (χ1) is 11.6. The summed E-state index contributed by atoms with van der Waals surface area (Å²) in [5, 5.41) is 1.05. The average Bonchev–Trinajstić information content (AvgIpc) is 2.91. The van der Waals surface area contributed by atoms with Crippen molar-refractivity contribution in [3.05, 3.63) is 54.2 Å². The first-order valence-corrected chi connectivity index (χ1v) is 8.08. The zero-order valence-electron chi connectivity index (χ0n) is 13.7. The lowest BCUT2D eigenvalue weighted by Crippen LogP contribution is -2.31. The van der Waals surface area contributed by atoms with Crippen LogP contribution in [0.3, 0.4) is 0 Å². The second-order valence-corrected chi connectivity index (χ2v) is 5.77. The van der Waals surface area contributed by atoms with Gasteiger partial charge < -0.3 is 9.64 Å². The van der Waals surface area contributed by atoms with E-state index >= 15 is 0 Å². The van der Waals surface area contributed by atoms with E-state index < -0.39 is 5.97 Å². The highest BCUT2D eigenvalue weighted by atomic mass is 16.5. The summed E-state index contributed by atoms with van der Waals surface area (Å²) >= 11 is 0. The minimum absolute atomic E-state index is 0.177. The number of esters is 1. The molecule has 0 radical (unpaired) electrons. The van der Waals surface area contributed by atoms with Crippen molar-refractivity contribution >= 4 is 22.8 Å². The molecule has 0 bridgehead atoms. The molecule has 1 aliphatic rings. The van der Waals surface area contributed by atoms with Gasteiger partial charge in [-0.05, 0) is 31.0 Å². The fourth-order valence-corrected chi connectivity index (χ4v) is 3.13. The van der Waals surface area contributed by atoms with Crippen LogP contribution in [0.5, 0.6) is 0 Å². The smallest absolute Gasteiger partial charge is 0.315 e. The van der Waals surface area contributed by atoms with Gasteiger partial charge in [-0.3, -0.25) is 14.6 Å². The van der Waals surface area contributed by atoms with Gasteiger partial charge in [0.1, 0.15) is 6.42 Å². The number of benzene rings is 1. The Balaban J connectivity index is 1.91. The highest BCUT2D eigenvalue weighted by Gasteiger charge is 2.35. The summed E-state index contributed by atoms with van der Waals surface area (Å²) in [4.78, 5) is 30.6. The predicted octanol–water partition coefficient (Wildman–Crippen LogP) is 3.15. The van der Waals surface area contributed by atoms with Crippen LogP contribution in [0.25, 0.3) is 10.9 Å². The molecule has 0 spiro atoms. The number of pyridine rings is 1. The van der Waals surface area contributed by atoms with E-state index in [9.17, 15) is 9.59 Å². The van der Waals surface area contributed by atoms with E-state index in [0.29, 0.717) is 13.0 Å². The fourth-order valence-electron chi connectivity index (χ4n) is 3.13. The highest BCUT2D eigenvalue weighted by molar-refractivity contribution is 5.95. The maximum Gasteiger partial charge on any atom is 0.315 e. The van der Waals surface area contributed by atoms with Crippen molar-refractivity contribution in [2.24, 2.45) is 0 Å². The second kappa shape index (κ2) is 6.83. The van der Waals surface area contributed by atoms with E-state index in [4.69, 9.17) is 9.72 Å². The third kappa shape index (κ3) is 3.02. The van der Waals surface area contributed by atoms with Crippen LogP contribution in [0, 0.1) is 0 Å². The molecule has 1 amide bonds. The molecule has 0 saturated carbocycles. The molecule has 5 nitrogen and oxygen atoms in total. The van der Waals surface area contributed by atoms with Gasteiger partial charge in [-0.1, -0.05) is 24.3 Å². The monoisotopic (exact) mass is 324 g/mol. The summed E-state index contributed by atoms with van der Waals surface area (Å²) in [5.41, 5.74) is 2.83. The predicted molar refractivity (Wildman–Crippen MR) is 91.1 cm³/mol. The summed E-state index contributed by atoms with van der Waals surface area (Å²) in [7, 11) is 0. The number of hydrogen-bond acceptors (Lipinski definition) is 4. The zero-order valence-corrected chi connectivity index (χ0v) is 13.7. The van der Waals surface area contributed by atoms with E-state index in [1.165, 1.54) is 0 Å². The van der Waals surface area contributed by atoms with Crippen molar-refractivity contribution in [2.75, 3.05) is 6.61 Å². The molecular weight excluding hydrogens is 304 g/mol. The topological polar surface area (TPSA) is 59.5 Å². The van der Waals surface area contributed by atoms with Crippen LogP contribution in [0.15, 0.2) is 43.0 Å². The number of carbonyl (C=O) groups excluding carboxylic acids is 2. The number of amides is 1. The number of fused-ring (bicyclic) bond motifs is 2. The van der Waals surface area contributed by atoms with Crippen LogP contribution in [0.2, 0.25) is 0 Å². The molecule has 1 unspecified atom stereocenters. The summed E-state index contributed by atoms with van der Waals surface area (Å²) in [6.45, 7) is 6.25. The van der Waals surface area contributed by atoms with Crippen LogP contribution in [0.4, 0.5) is 0 Å². The van der Waals surface area contributed by atoms with Gasteiger partial charge in [0.15, 0.2) is 0 Å². The zero-order chi connectivity index (χ0) is 17.1. The Hall–Kier alpha value is -2.69. The van der Waals surface area contributed by atoms with Gasteiger partial charge >= 0.3 is 5.97 Å². The molecule has 1 atom stereocenters. The number of rotatable bonds is 5. The van der Waals surface area contributed by atoms with E-state index in [2.05, 4.69) is 12.6 Å². The molecule has 24 heavy (non-hydrogen) atoms. The van der Waals surface area contributed by atoms with Gasteiger partial charge in [-0.2, -0.15) is 0 Å². The van der Waals surface area contributed by atoms with Crippen molar-refractivity contribution in [1.82, 2.24) is 9.88 Å². The molecule has 2 aromatic rings. The summed E-state index contributed by atoms with van der Waals surface area (Å²) in [6, 6.07) is 9.78. The van der Waals surface area contributed by atoms with Gasteiger partial charge in [0.05, 0.1) is 23.9 Å². The molecule has 1 aliphatic heterocycles. The number of para-hydroxylation sites is 1. The molecule has 0 N–H and O–H groups in total. The van der Waals surface area contributed by atoms with Crippen LogP contribution in [-0.2, 0) is 20.9 Å². The van der Waals surface area contributed by atoms with Crippen molar-refractivity contribution in [2.45, 2.75) is 32.4 Å². The van der Waals surface area contributed by atoms with Crippen molar-refractivity contribution in [3.8, 4) is 0 Å². The van der Waals surface area contributed by atoms with E-state index in [-0.39, 0.29) is 25.0 Å². The Labute approximate surface area is 140 Å². The molecule has 124 valence electrons. The Kier molecular flexibility index (Phi) is 4.60. The number of nitrogens with zero attached hydrogens (tertiary/aromatic N) is 2. The van der Waals surface area contributed by atoms with E-state index in [0.717, 1.165) is 22.2 Å². The summed E-state index contributed by atoms with van der Waals surface area (Å²) in [5.74, 6) is -0.726. The molecule has 1 aromatic heterocycles. The van der Waals surface area contributed by atoms with Crippen LogP contribution < -0.4 is 0 Å². The molecule has 0 saturated heterocycles. The van der Waals surface area contributed by atoms with Gasteiger partial charge in [0.2, 0.25) is 5.91 Å². The molecule has 3 rings (SSSR count). The number of ether oxygens (including phenoxy) is 1. The van der Waals surface area contributed by atoms with Gasteiger partial charge in [0, 0.05) is 11.9 Å². The lowest BCUT2D eigenvalue weighted by molar-refractivity contribution is -0.149. The standard InChI is InChI=1S/C19H20N2O3/c1-3-7-16-19-14(10-13-8-5-6-9-15(13)20-19)12-21(16)17(22)11-18(23)24-4-2/h3,5-6,8-10,16H,1,4,7,11-12H2,2H3. The lowest BCUT2D eigenvalue weighted by atomic mass is 10.1. The second-order valence-electron chi connectivity index (χ2n) is 5.77. The normalized spacial score (nSPS) is 16.0. The summed E-state index contributed by atoms with van der Waals surface area (Å²) < 4.78 is 4.89. The van der Waals surface area contributed by atoms with Gasteiger partial charge in [-0.25, -0.2) is 0 Å². The van der Waals surface area contributed by atoms with E-state index in [1.807, 2.05) is 24.3 Å². The third-order valence-corrected chi connectivity index (χ3v) is 4.18. The fraction of sp³-hybridized carbons (Fsp3) is 0.316. The minimum atomic E-state index is -0.492. The van der Waals surface area contributed by atoms with Crippen molar-refractivity contribution < 1.29 is 14.3 Å².